The highest BCUT2D eigenvalue weighted by atomic mass is 19.1. The van der Waals surface area contributed by atoms with Crippen LogP contribution in [0.3, 0.4) is 0 Å². The van der Waals surface area contributed by atoms with E-state index in [1.165, 1.54) is 6.07 Å². The molecule has 0 N–H and O–H groups in total. The maximum Gasteiger partial charge on any atom is 0.226 e. The smallest absolute Gasteiger partial charge is 0.226 e. The van der Waals surface area contributed by atoms with Crippen molar-refractivity contribution in [2.75, 3.05) is 38.2 Å². The Labute approximate surface area is 220 Å². The minimum Gasteiger partial charge on any atom is -0.486 e. The molecule has 0 saturated carbocycles. The molecule has 2 aliphatic heterocycles. The van der Waals surface area contributed by atoms with E-state index in [2.05, 4.69) is 28.0 Å². The molecule has 3 aromatic heterocycles. The van der Waals surface area contributed by atoms with E-state index in [9.17, 15) is 8.78 Å². The molecule has 1 fully saturated rings. The van der Waals surface area contributed by atoms with Gasteiger partial charge in [-0.1, -0.05) is 0 Å². The number of likely N-dealkylation sites (tertiary alicyclic amines) is 1. The Morgan fingerprint density at radius 1 is 1.03 bits per heavy atom. The lowest BCUT2D eigenvalue weighted by molar-refractivity contribution is 0.242. The minimum atomic E-state index is -0.613. The van der Waals surface area contributed by atoms with Gasteiger partial charge in [0, 0.05) is 22.9 Å². The fraction of sp³-hybridized carbons (Fsp3) is 0.414. The summed E-state index contributed by atoms with van der Waals surface area (Å²) in [4.78, 5) is 17.7. The molecular formula is C29H31F2N5O2. The largest absolute Gasteiger partial charge is 0.486 e. The number of hydrogen-bond donors (Lipinski definition) is 0. The average molecular weight is 520 g/mol. The van der Waals surface area contributed by atoms with Gasteiger partial charge in [-0.25, -0.2) is 23.7 Å². The molecule has 1 aromatic carbocycles. The molecule has 0 amide bonds. The highest BCUT2D eigenvalue weighted by Gasteiger charge is 2.26. The summed E-state index contributed by atoms with van der Waals surface area (Å²) in [7, 11) is 2.14. The standard InChI is InChI=1S/C29H31F2N5O2/c1-17(2)36-10-11-37-28-22(30)12-20(13-24(28)36)27-23(31)16-32-26(34-27)15-21-5-4-19-14-25(38-29(19)33-21)18-6-8-35(3)9-7-18/h4-5,12-14,16-18H,6-11,15H2,1-3H3. The molecule has 198 valence electrons. The number of benzene rings is 1. The molecule has 9 heteroatoms. The van der Waals surface area contributed by atoms with Crippen molar-refractivity contribution in [1.82, 2.24) is 19.9 Å². The number of fused-ring (bicyclic) bond motifs is 2. The Balaban J connectivity index is 1.28. The Morgan fingerprint density at radius 3 is 2.63 bits per heavy atom. The van der Waals surface area contributed by atoms with Crippen molar-refractivity contribution >= 4 is 16.8 Å². The number of ether oxygens (including phenoxy) is 1. The SMILES string of the molecule is CC(C)N1CCOc2c(F)cc(-c3nc(Cc4ccc5cc(C6CCN(C)CC6)oc5n4)ncc3F)cc21. The molecule has 0 aliphatic carbocycles. The molecule has 7 nitrogen and oxygen atoms in total. The molecule has 1 saturated heterocycles. The van der Waals surface area contributed by atoms with E-state index in [-0.39, 0.29) is 17.5 Å². The summed E-state index contributed by atoms with van der Waals surface area (Å²) < 4.78 is 41.6. The van der Waals surface area contributed by atoms with Gasteiger partial charge < -0.3 is 19.0 Å². The molecular weight excluding hydrogens is 488 g/mol. The van der Waals surface area contributed by atoms with Crippen molar-refractivity contribution in [2.24, 2.45) is 0 Å². The first kappa shape index (κ1) is 24.7. The second kappa shape index (κ2) is 9.94. The molecule has 0 spiro atoms. The molecule has 4 aromatic rings. The van der Waals surface area contributed by atoms with Crippen molar-refractivity contribution in [3.05, 3.63) is 65.4 Å². The number of halogens is 2. The number of furan rings is 1. The van der Waals surface area contributed by atoms with Gasteiger partial charge in [0.05, 0.1) is 30.5 Å². The van der Waals surface area contributed by atoms with Gasteiger partial charge in [0.15, 0.2) is 17.4 Å². The molecule has 38 heavy (non-hydrogen) atoms. The van der Waals surface area contributed by atoms with Crippen molar-refractivity contribution in [3.63, 3.8) is 0 Å². The topological polar surface area (TPSA) is 67.5 Å². The normalized spacial score (nSPS) is 16.7. The van der Waals surface area contributed by atoms with E-state index < -0.39 is 11.6 Å². The van der Waals surface area contributed by atoms with Crippen LogP contribution in [-0.4, -0.2) is 59.2 Å². The number of rotatable bonds is 5. The number of hydrogen-bond acceptors (Lipinski definition) is 7. The van der Waals surface area contributed by atoms with E-state index in [0.29, 0.717) is 48.3 Å². The molecule has 0 atom stereocenters. The third kappa shape index (κ3) is 4.71. The van der Waals surface area contributed by atoms with Gasteiger partial charge in [0.2, 0.25) is 5.71 Å². The van der Waals surface area contributed by atoms with E-state index in [4.69, 9.17) is 14.1 Å². The fourth-order valence-corrected chi connectivity index (χ4v) is 5.40. The molecule has 2 aliphatic rings. The number of anilines is 1. The van der Waals surface area contributed by atoms with Crippen molar-refractivity contribution < 1.29 is 17.9 Å². The predicted molar refractivity (Wildman–Crippen MR) is 142 cm³/mol. The van der Waals surface area contributed by atoms with Crippen LogP contribution in [-0.2, 0) is 6.42 Å². The zero-order chi connectivity index (χ0) is 26.4. The lowest BCUT2D eigenvalue weighted by atomic mass is 9.94. The Bertz CT molecular complexity index is 1480. The monoisotopic (exact) mass is 519 g/mol. The summed E-state index contributed by atoms with van der Waals surface area (Å²) in [5, 5.41) is 0.963. The first-order valence-electron chi connectivity index (χ1n) is 13.2. The van der Waals surface area contributed by atoms with Crippen LogP contribution in [0.5, 0.6) is 5.75 Å². The van der Waals surface area contributed by atoms with E-state index in [1.54, 1.807) is 6.07 Å². The van der Waals surface area contributed by atoms with Crippen LogP contribution in [0.4, 0.5) is 14.5 Å². The minimum absolute atomic E-state index is 0.0506. The summed E-state index contributed by atoms with van der Waals surface area (Å²) in [6, 6.07) is 9.15. The van der Waals surface area contributed by atoms with Crippen molar-refractivity contribution in [1.29, 1.82) is 0 Å². The quantitative estimate of drug-likeness (QED) is 0.342. The molecule has 0 radical (unpaired) electrons. The van der Waals surface area contributed by atoms with Gasteiger partial charge >= 0.3 is 0 Å². The van der Waals surface area contributed by atoms with Gasteiger partial charge in [-0.15, -0.1) is 0 Å². The first-order chi connectivity index (χ1) is 18.4. The van der Waals surface area contributed by atoms with Gasteiger partial charge in [-0.2, -0.15) is 0 Å². The number of aromatic nitrogens is 3. The molecule has 5 heterocycles. The average Bonchev–Trinajstić information content (AvgIpc) is 3.33. The third-order valence-electron chi connectivity index (χ3n) is 7.52. The van der Waals surface area contributed by atoms with Crippen LogP contribution >= 0.6 is 0 Å². The second-order valence-corrected chi connectivity index (χ2v) is 10.5. The Kier molecular flexibility index (Phi) is 6.47. The highest BCUT2D eigenvalue weighted by Crippen LogP contribution is 2.39. The lowest BCUT2D eigenvalue weighted by Gasteiger charge is -2.34. The van der Waals surface area contributed by atoms with Crippen LogP contribution in [0, 0.1) is 11.6 Å². The number of piperidine rings is 1. The predicted octanol–water partition coefficient (Wildman–Crippen LogP) is 5.57. The van der Waals surface area contributed by atoms with Crippen molar-refractivity contribution in [2.45, 2.75) is 45.1 Å². The Morgan fingerprint density at radius 2 is 1.84 bits per heavy atom. The number of pyridine rings is 1. The fourth-order valence-electron chi connectivity index (χ4n) is 5.40. The lowest BCUT2D eigenvalue weighted by Crippen LogP contribution is -2.38. The zero-order valence-corrected chi connectivity index (χ0v) is 21.9. The van der Waals surface area contributed by atoms with Gasteiger partial charge in [0.1, 0.15) is 23.9 Å². The van der Waals surface area contributed by atoms with E-state index >= 15 is 0 Å². The van der Waals surface area contributed by atoms with Crippen LogP contribution in [0.2, 0.25) is 0 Å². The van der Waals surface area contributed by atoms with Gasteiger partial charge in [0.25, 0.3) is 0 Å². The van der Waals surface area contributed by atoms with Crippen LogP contribution in [0.25, 0.3) is 22.4 Å². The van der Waals surface area contributed by atoms with Gasteiger partial charge in [-0.3, -0.25) is 0 Å². The highest BCUT2D eigenvalue weighted by molar-refractivity contribution is 5.75. The maximum atomic E-state index is 15.0. The first-order valence-corrected chi connectivity index (χ1v) is 13.2. The van der Waals surface area contributed by atoms with Crippen LogP contribution in [0.15, 0.2) is 40.9 Å². The van der Waals surface area contributed by atoms with Gasteiger partial charge in [-0.05, 0) is 77.2 Å². The van der Waals surface area contributed by atoms with E-state index in [1.807, 2.05) is 30.9 Å². The number of nitrogens with zero attached hydrogens (tertiary/aromatic N) is 5. The molecule has 0 unspecified atom stereocenters. The molecule has 6 rings (SSSR count). The summed E-state index contributed by atoms with van der Waals surface area (Å²) in [6.07, 6.45) is 3.57. The summed E-state index contributed by atoms with van der Waals surface area (Å²) >= 11 is 0. The molecule has 0 bridgehead atoms. The Hall–Kier alpha value is -3.59. The van der Waals surface area contributed by atoms with Crippen LogP contribution in [0.1, 0.15) is 49.9 Å². The summed E-state index contributed by atoms with van der Waals surface area (Å²) in [5.74, 6) is 0.822. The second-order valence-electron chi connectivity index (χ2n) is 10.5. The summed E-state index contributed by atoms with van der Waals surface area (Å²) in [6.45, 7) is 7.21. The van der Waals surface area contributed by atoms with E-state index in [0.717, 1.165) is 49.0 Å². The van der Waals surface area contributed by atoms with Crippen LogP contribution < -0.4 is 9.64 Å². The summed E-state index contributed by atoms with van der Waals surface area (Å²) in [5.41, 5.74) is 2.30. The maximum absolute atomic E-state index is 15.0. The van der Waals surface area contributed by atoms with Crippen molar-refractivity contribution in [3.8, 4) is 17.0 Å². The zero-order valence-electron chi connectivity index (χ0n) is 21.9. The third-order valence-corrected chi connectivity index (χ3v) is 7.52.